The van der Waals surface area contributed by atoms with Crippen molar-refractivity contribution >= 4 is 21.7 Å². The first-order valence-electron chi connectivity index (χ1n) is 19.6. The molecule has 0 fully saturated rings. The van der Waals surface area contributed by atoms with E-state index in [4.69, 9.17) is 24.7 Å². The first-order valence-corrected chi connectivity index (χ1v) is 19.6. The van der Waals surface area contributed by atoms with Gasteiger partial charge in [-0.05, 0) is 58.0 Å². The van der Waals surface area contributed by atoms with Gasteiger partial charge in [-0.2, -0.15) is 0 Å². The monoisotopic (exact) mass is 740 g/mol. The summed E-state index contributed by atoms with van der Waals surface area (Å²) >= 11 is 0. The molecule has 5 heteroatoms. The molecule has 0 atom stereocenters. The summed E-state index contributed by atoms with van der Waals surface area (Å²) in [5, 5.41) is 3.26. The Morgan fingerprint density at radius 2 is 0.879 bits per heavy atom. The molecule has 270 valence electrons. The average molecular weight is 741 g/mol. The number of fused-ring (bicyclic) bond motifs is 13. The van der Waals surface area contributed by atoms with Gasteiger partial charge in [-0.25, -0.2) is 19.9 Å². The van der Waals surface area contributed by atoms with Crippen LogP contribution in [0.25, 0.3) is 78.2 Å². The van der Waals surface area contributed by atoms with Crippen LogP contribution in [0, 0.1) is 0 Å². The smallest absolute Gasteiger partial charge is 0.164 e. The molecule has 1 aliphatic heterocycles. The van der Waals surface area contributed by atoms with Gasteiger partial charge in [0.2, 0.25) is 0 Å². The molecular formula is C53H32N4O. The number of ether oxygens (including phenoxy) is 1. The summed E-state index contributed by atoms with van der Waals surface area (Å²) in [6.07, 6.45) is 0. The lowest BCUT2D eigenvalue weighted by molar-refractivity contribution is 0.436. The van der Waals surface area contributed by atoms with Crippen LogP contribution in [0.5, 0.6) is 11.5 Å². The largest absolute Gasteiger partial charge is 0.457 e. The molecule has 2 aromatic heterocycles. The van der Waals surface area contributed by atoms with Crippen LogP contribution in [0.4, 0.5) is 0 Å². The maximum absolute atomic E-state index is 6.63. The van der Waals surface area contributed by atoms with E-state index in [1.165, 1.54) is 22.3 Å². The molecule has 2 aliphatic rings. The molecular weight excluding hydrogens is 709 g/mol. The van der Waals surface area contributed by atoms with Crippen molar-refractivity contribution in [2.24, 2.45) is 0 Å². The van der Waals surface area contributed by atoms with Crippen LogP contribution >= 0.6 is 0 Å². The zero-order chi connectivity index (χ0) is 38.2. The van der Waals surface area contributed by atoms with E-state index in [1.54, 1.807) is 0 Å². The summed E-state index contributed by atoms with van der Waals surface area (Å²) in [6, 6.07) is 67.7. The predicted octanol–water partition coefficient (Wildman–Crippen LogP) is 12.7. The Balaban J connectivity index is 1.17. The molecule has 58 heavy (non-hydrogen) atoms. The van der Waals surface area contributed by atoms with Crippen molar-refractivity contribution < 1.29 is 4.74 Å². The zero-order valence-corrected chi connectivity index (χ0v) is 31.2. The quantitative estimate of drug-likeness (QED) is 0.168. The minimum absolute atomic E-state index is 0.594. The van der Waals surface area contributed by atoms with Gasteiger partial charge in [-0.3, -0.25) is 0 Å². The number of hydrogen-bond donors (Lipinski definition) is 0. The topological polar surface area (TPSA) is 60.8 Å². The summed E-state index contributed by atoms with van der Waals surface area (Å²) in [5.74, 6) is 3.61. The third kappa shape index (κ3) is 4.71. The van der Waals surface area contributed by atoms with E-state index in [1.807, 2.05) is 60.7 Å². The molecule has 0 saturated heterocycles. The molecule has 0 bridgehead atoms. The van der Waals surface area contributed by atoms with Gasteiger partial charge in [0.15, 0.2) is 17.5 Å². The second kappa shape index (κ2) is 12.6. The molecule has 10 aromatic rings. The van der Waals surface area contributed by atoms with E-state index in [0.717, 1.165) is 72.2 Å². The summed E-state index contributed by atoms with van der Waals surface area (Å²) in [5.41, 5.74) is 12.2. The maximum Gasteiger partial charge on any atom is 0.164 e. The molecule has 8 aromatic carbocycles. The van der Waals surface area contributed by atoms with E-state index in [0.29, 0.717) is 17.5 Å². The Morgan fingerprint density at radius 3 is 1.50 bits per heavy atom. The standard InChI is InChI=1S/C53H32N4O/c1-4-16-33(17-5-1)49-48-37(29-30-43-47(48)38-22-10-11-23-40(38)53(43)41-24-12-14-26-45(41)58-46-27-15-13-25-42(46)53)39-32-36(28-31-44(39)54-49)52-56-50(34-18-6-2-7-19-34)55-51(57-52)35-20-8-3-9-21-35/h1-32H. The Kier molecular flexibility index (Phi) is 7.07. The number of nitrogens with zero attached hydrogens (tertiary/aromatic N) is 4. The number of aromatic nitrogens is 4. The van der Waals surface area contributed by atoms with Crippen LogP contribution in [0.1, 0.15) is 22.3 Å². The molecule has 5 nitrogen and oxygen atoms in total. The van der Waals surface area contributed by atoms with E-state index in [2.05, 4.69) is 133 Å². The fourth-order valence-corrected chi connectivity index (χ4v) is 9.32. The van der Waals surface area contributed by atoms with Crippen molar-refractivity contribution in [3.05, 3.63) is 216 Å². The highest BCUT2D eigenvalue weighted by Crippen LogP contribution is 2.63. The Bertz CT molecular complexity index is 3150. The van der Waals surface area contributed by atoms with E-state index in [9.17, 15) is 0 Å². The summed E-state index contributed by atoms with van der Waals surface area (Å²) in [6.45, 7) is 0. The minimum atomic E-state index is -0.594. The van der Waals surface area contributed by atoms with Gasteiger partial charge in [0.1, 0.15) is 11.5 Å². The predicted molar refractivity (Wildman–Crippen MR) is 232 cm³/mol. The fourth-order valence-electron chi connectivity index (χ4n) is 9.32. The van der Waals surface area contributed by atoms with Gasteiger partial charge in [0.25, 0.3) is 0 Å². The molecule has 0 amide bonds. The second-order valence-electron chi connectivity index (χ2n) is 14.9. The summed E-state index contributed by atoms with van der Waals surface area (Å²) in [4.78, 5) is 20.6. The molecule has 3 heterocycles. The van der Waals surface area contributed by atoms with Crippen LogP contribution in [0.3, 0.4) is 0 Å². The van der Waals surface area contributed by atoms with Gasteiger partial charge in [0, 0.05) is 44.2 Å². The van der Waals surface area contributed by atoms with Crippen molar-refractivity contribution in [2.45, 2.75) is 5.41 Å². The number of pyridine rings is 1. The van der Waals surface area contributed by atoms with Crippen molar-refractivity contribution in [3.63, 3.8) is 0 Å². The van der Waals surface area contributed by atoms with Crippen molar-refractivity contribution in [1.82, 2.24) is 19.9 Å². The lowest BCUT2D eigenvalue weighted by Gasteiger charge is -2.39. The minimum Gasteiger partial charge on any atom is -0.457 e. The third-order valence-electron chi connectivity index (χ3n) is 11.8. The average Bonchev–Trinajstić information content (AvgIpc) is 3.60. The zero-order valence-electron chi connectivity index (χ0n) is 31.2. The van der Waals surface area contributed by atoms with Gasteiger partial charge < -0.3 is 4.74 Å². The van der Waals surface area contributed by atoms with Gasteiger partial charge in [-0.1, -0.05) is 164 Å². The highest BCUT2D eigenvalue weighted by molar-refractivity contribution is 6.19. The molecule has 0 N–H and O–H groups in total. The number of benzene rings is 8. The Hall–Kier alpha value is -7.76. The van der Waals surface area contributed by atoms with Crippen LogP contribution < -0.4 is 4.74 Å². The summed E-state index contributed by atoms with van der Waals surface area (Å²) in [7, 11) is 0. The SMILES string of the molecule is c1ccc(-c2nc(-c3ccccc3)nc(-c3ccc4nc(-c5ccccc5)c5c6c(ccc5c4c3)C3(c4ccccc4Oc4ccccc43)c3ccccc3-6)n2)cc1. The lowest BCUT2D eigenvalue weighted by Crippen LogP contribution is -2.32. The van der Waals surface area contributed by atoms with E-state index in [-0.39, 0.29) is 0 Å². The molecule has 1 spiro atoms. The first kappa shape index (κ1) is 32.5. The van der Waals surface area contributed by atoms with Crippen molar-refractivity contribution in [3.8, 4) is 68.0 Å². The Labute approximate surface area is 335 Å². The van der Waals surface area contributed by atoms with Gasteiger partial charge >= 0.3 is 0 Å². The fraction of sp³-hybridized carbons (Fsp3) is 0.0189. The number of rotatable bonds is 4. The van der Waals surface area contributed by atoms with E-state index >= 15 is 0 Å². The lowest BCUT2D eigenvalue weighted by atomic mass is 9.66. The van der Waals surface area contributed by atoms with Crippen LogP contribution in [-0.2, 0) is 5.41 Å². The van der Waals surface area contributed by atoms with Crippen molar-refractivity contribution in [1.29, 1.82) is 0 Å². The maximum atomic E-state index is 6.63. The van der Waals surface area contributed by atoms with Crippen LogP contribution in [-0.4, -0.2) is 19.9 Å². The molecule has 12 rings (SSSR count). The van der Waals surface area contributed by atoms with Crippen molar-refractivity contribution in [2.75, 3.05) is 0 Å². The Morgan fingerprint density at radius 1 is 0.362 bits per heavy atom. The van der Waals surface area contributed by atoms with Gasteiger partial charge in [-0.15, -0.1) is 0 Å². The molecule has 1 aliphatic carbocycles. The number of hydrogen-bond acceptors (Lipinski definition) is 5. The molecule has 0 unspecified atom stereocenters. The second-order valence-corrected chi connectivity index (χ2v) is 14.9. The van der Waals surface area contributed by atoms with Crippen LogP contribution in [0.15, 0.2) is 194 Å². The first-order chi connectivity index (χ1) is 28.8. The highest BCUT2D eigenvalue weighted by Gasteiger charge is 2.51. The highest BCUT2D eigenvalue weighted by atomic mass is 16.5. The van der Waals surface area contributed by atoms with E-state index < -0.39 is 5.41 Å². The molecule has 0 saturated carbocycles. The molecule has 0 radical (unpaired) electrons. The number of para-hydroxylation sites is 2. The van der Waals surface area contributed by atoms with Crippen LogP contribution in [0.2, 0.25) is 0 Å². The normalized spacial score (nSPS) is 13.1. The summed E-state index contributed by atoms with van der Waals surface area (Å²) < 4.78 is 6.63. The third-order valence-corrected chi connectivity index (χ3v) is 11.8. The van der Waals surface area contributed by atoms with Gasteiger partial charge in [0.05, 0.1) is 16.6 Å².